The van der Waals surface area contributed by atoms with Crippen molar-refractivity contribution in [1.29, 1.82) is 0 Å². The van der Waals surface area contributed by atoms with Crippen LogP contribution in [0, 0.1) is 18.8 Å². The molecule has 0 amide bonds. The van der Waals surface area contributed by atoms with Crippen LogP contribution in [0.1, 0.15) is 45.0 Å². The Bertz CT molecular complexity index is 445. The monoisotopic (exact) mass is 326 g/mol. The van der Waals surface area contributed by atoms with Gasteiger partial charge in [-0.05, 0) is 31.9 Å². The molecule has 1 rings (SSSR count). The molecule has 3 atom stereocenters. The summed E-state index contributed by atoms with van der Waals surface area (Å²) in [6, 6.07) is 0. The van der Waals surface area contributed by atoms with Crippen molar-refractivity contribution in [3.63, 3.8) is 0 Å². The third-order valence-electron chi connectivity index (χ3n) is 4.21. The van der Waals surface area contributed by atoms with E-state index in [1.54, 1.807) is 20.1 Å². The Morgan fingerprint density at radius 2 is 1.70 bits per heavy atom. The van der Waals surface area contributed by atoms with E-state index in [1.165, 1.54) is 11.8 Å². The lowest BCUT2D eigenvalue weighted by Crippen LogP contribution is -2.46. The molecule has 0 spiro atoms. The molecule has 7 heteroatoms. The first-order valence-corrected chi connectivity index (χ1v) is 8.42. The summed E-state index contributed by atoms with van der Waals surface area (Å²) in [7, 11) is 0. The van der Waals surface area contributed by atoms with Crippen LogP contribution in [0.2, 0.25) is 0 Å². The minimum atomic E-state index is -4.33. The number of hydrogen-bond donors (Lipinski definition) is 0. The summed E-state index contributed by atoms with van der Waals surface area (Å²) in [6.07, 6.45) is -2.59. The Morgan fingerprint density at radius 1 is 1.15 bits per heavy atom. The molecule has 0 aliphatic rings. The molecule has 1 aromatic heterocycles. The average Bonchev–Trinajstić information content (AvgIpc) is 2.72. The highest BCUT2D eigenvalue weighted by molar-refractivity contribution is 8.00. The van der Waals surface area contributed by atoms with E-state index in [-0.39, 0.29) is 17.5 Å². The summed E-state index contributed by atoms with van der Waals surface area (Å²) in [6.45, 7) is 9.09. The highest BCUT2D eigenvalue weighted by Gasteiger charge is 2.56. The molecule has 0 radical (unpaired) electrons. The Morgan fingerprint density at radius 3 is 2.00 bits per heavy atom. The van der Waals surface area contributed by atoms with Gasteiger partial charge in [-0.2, -0.15) is 33.7 Å². The van der Waals surface area contributed by atoms with E-state index in [2.05, 4.69) is 8.75 Å². The lowest BCUT2D eigenvalue weighted by molar-refractivity contribution is -0.161. The van der Waals surface area contributed by atoms with Crippen molar-refractivity contribution in [1.82, 2.24) is 8.75 Å². The molecule has 0 aliphatic heterocycles. The SMILES string of the molecule is CS[C@@](C)(C(c1nsnc1C)C(F)(F)F)[C@@H](C)C(C)C. The lowest BCUT2D eigenvalue weighted by atomic mass is 9.75. The van der Waals surface area contributed by atoms with Gasteiger partial charge in [-0.15, -0.1) is 0 Å². The van der Waals surface area contributed by atoms with E-state index in [0.29, 0.717) is 5.69 Å². The molecule has 0 saturated carbocycles. The van der Waals surface area contributed by atoms with Gasteiger partial charge in [0.1, 0.15) is 5.92 Å². The van der Waals surface area contributed by atoms with Gasteiger partial charge in [-0.1, -0.05) is 20.8 Å². The quantitative estimate of drug-likeness (QED) is 0.769. The summed E-state index contributed by atoms with van der Waals surface area (Å²) in [4.78, 5) is 0. The van der Waals surface area contributed by atoms with Crippen LogP contribution < -0.4 is 0 Å². The maximum absolute atomic E-state index is 13.7. The normalized spacial score (nSPS) is 18.9. The summed E-state index contributed by atoms with van der Waals surface area (Å²) in [5.41, 5.74) is 0.459. The summed E-state index contributed by atoms with van der Waals surface area (Å²) in [5, 5.41) is 0. The average molecular weight is 326 g/mol. The molecule has 0 saturated heterocycles. The highest BCUT2D eigenvalue weighted by atomic mass is 32.2. The van der Waals surface area contributed by atoms with E-state index in [4.69, 9.17) is 0 Å². The first-order chi connectivity index (χ1) is 9.05. The highest BCUT2D eigenvalue weighted by Crippen LogP contribution is 2.53. The third-order valence-corrected chi connectivity index (χ3v) is 6.33. The number of halogens is 3. The van der Waals surface area contributed by atoms with Gasteiger partial charge in [-0.25, -0.2) is 0 Å². The van der Waals surface area contributed by atoms with E-state index in [9.17, 15) is 13.2 Å². The largest absolute Gasteiger partial charge is 0.398 e. The van der Waals surface area contributed by atoms with Gasteiger partial charge in [-0.3, -0.25) is 0 Å². The Kier molecular flexibility index (Phi) is 5.52. The first-order valence-electron chi connectivity index (χ1n) is 6.46. The molecule has 0 aliphatic carbocycles. The molecule has 0 fully saturated rings. The molecule has 20 heavy (non-hydrogen) atoms. The lowest BCUT2D eigenvalue weighted by Gasteiger charge is -2.43. The predicted molar refractivity (Wildman–Crippen MR) is 79.4 cm³/mol. The van der Waals surface area contributed by atoms with E-state index < -0.39 is 16.8 Å². The van der Waals surface area contributed by atoms with Crippen LogP contribution in [0.3, 0.4) is 0 Å². The van der Waals surface area contributed by atoms with Gasteiger partial charge in [0, 0.05) is 4.75 Å². The Labute approximate surface area is 126 Å². The van der Waals surface area contributed by atoms with Crippen LogP contribution >= 0.6 is 23.5 Å². The van der Waals surface area contributed by atoms with E-state index >= 15 is 0 Å². The molecule has 0 aromatic carbocycles. The fourth-order valence-electron chi connectivity index (χ4n) is 2.48. The van der Waals surface area contributed by atoms with Crippen molar-refractivity contribution in [3.8, 4) is 0 Å². The Balaban J connectivity index is 3.40. The molecular weight excluding hydrogens is 305 g/mol. The predicted octanol–water partition coefficient (Wildman–Crippen LogP) is 4.91. The molecule has 116 valence electrons. The number of thioether (sulfide) groups is 1. The first kappa shape index (κ1) is 17.8. The molecule has 0 N–H and O–H groups in total. The van der Waals surface area contributed by atoms with Crippen LogP contribution in [-0.2, 0) is 0 Å². The number of nitrogens with zero attached hydrogens (tertiary/aromatic N) is 2. The molecular formula is C13H21F3N2S2. The van der Waals surface area contributed by atoms with Crippen LogP contribution in [0.25, 0.3) is 0 Å². The van der Waals surface area contributed by atoms with Gasteiger partial charge in [0.15, 0.2) is 0 Å². The smallest absolute Gasteiger partial charge is 0.178 e. The van der Waals surface area contributed by atoms with Crippen molar-refractivity contribution in [2.45, 2.75) is 51.5 Å². The molecule has 1 aromatic rings. The number of hydrogen-bond acceptors (Lipinski definition) is 4. The number of aryl methyl sites for hydroxylation is 1. The third kappa shape index (κ3) is 3.30. The zero-order chi connectivity index (χ0) is 15.7. The van der Waals surface area contributed by atoms with Gasteiger partial charge in [0.25, 0.3) is 0 Å². The van der Waals surface area contributed by atoms with Crippen molar-refractivity contribution in [3.05, 3.63) is 11.4 Å². The van der Waals surface area contributed by atoms with Crippen molar-refractivity contribution < 1.29 is 13.2 Å². The number of alkyl halides is 3. The fraction of sp³-hybridized carbons (Fsp3) is 0.846. The van der Waals surface area contributed by atoms with Crippen molar-refractivity contribution in [2.24, 2.45) is 11.8 Å². The second-order valence-corrected chi connectivity index (χ2v) is 7.45. The number of rotatable bonds is 5. The molecule has 1 heterocycles. The second-order valence-electron chi connectivity index (χ2n) is 5.63. The minimum absolute atomic E-state index is 0.0758. The van der Waals surface area contributed by atoms with Crippen LogP contribution in [0.15, 0.2) is 0 Å². The van der Waals surface area contributed by atoms with Gasteiger partial charge >= 0.3 is 6.18 Å². The molecule has 2 nitrogen and oxygen atoms in total. The van der Waals surface area contributed by atoms with Crippen LogP contribution in [-0.4, -0.2) is 25.9 Å². The minimum Gasteiger partial charge on any atom is -0.178 e. The van der Waals surface area contributed by atoms with Gasteiger partial charge < -0.3 is 0 Å². The Hall–Kier alpha value is -0.300. The van der Waals surface area contributed by atoms with Crippen molar-refractivity contribution in [2.75, 3.05) is 6.26 Å². The summed E-state index contributed by atoms with van der Waals surface area (Å²) in [5.74, 6) is -1.55. The maximum atomic E-state index is 13.7. The zero-order valence-corrected chi connectivity index (χ0v) is 14.2. The summed E-state index contributed by atoms with van der Waals surface area (Å²) >= 11 is 2.12. The fourth-order valence-corrected chi connectivity index (χ4v) is 4.19. The van der Waals surface area contributed by atoms with Crippen LogP contribution in [0.5, 0.6) is 0 Å². The van der Waals surface area contributed by atoms with Crippen LogP contribution in [0.4, 0.5) is 13.2 Å². The molecule has 1 unspecified atom stereocenters. The van der Waals surface area contributed by atoms with E-state index in [1.807, 2.05) is 20.8 Å². The zero-order valence-electron chi connectivity index (χ0n) is 12.6. The number of aromatic nitrogens is 2. The van der Waals surface area contributed by atoms with E-state index in [0.717, 1.165) is 11.7 Å². The van der Waals surface area contributed by atoms with Gasteiger partial charge in [0.2, 0.25) is 0 Å². The topological polar surface area (TPSA) is 25.8 Å². The molecule has 0 bridgehead atoms. The van der Waals surface area contributed by atoms with Gasteiger partial charge in [0.05, 0.1) is 23.1 Å². The van der Waals surface area contributed by atoms with Crippen molar-refractivity contribution >= 4 is 23.5 Å². The maximum Gasteiger partial charge on any atom is 0.398 e. The second kappa shape index (κ2) is 6.22. The standard InChI is InChI=1S/C13H21F3N2S2/c1-7(2)8(3)12(5,19-6)11(13(14,15)16)10-9(4)17-20-18-10/h7-8,11H,1-6H3/t8-,11?,12+/m0/s1. The summed E-state index contributed by atoms with van der Waals surface area (Å²) < 4.78 is 48.0.